The van der Waals surface area contributed by atoms with E-state index >= 15 is 0 Å². The van der Waals surface area contributed by atoms with Crippen LogP contribution in [0.3, 0.4) is 0 Å². The Morgan fingerprint density at radius 1 is 0.655 bits per heavy atom. The lowest BCUT2D eigenvalue weighted by Gasteiger charge is -2.23. The molecule has 0 bridgehead atoms. The van der Waals surface area contributed by atoms with Crippen molar-refractivity contribution in [2.75, 3.05) is 4.90 Å². The molecule has 0 aliphatic carbocycles. The topological polar surface area (TPSA) is 69.6 Å². The van der Waals surface area contributed by atoms with Crippen molar-refractivity contribution in [3.05, 3.63) is 96.1 Å². The molecule has 29 heavy (non-hydrogen) atoms. The van der Waals surface area contributed by atoms with Gasteiger partial charge in [-0.15, -0.1) is 0 Å². The minimum absolute atomic E-state index is 0.169. The number of hydrogen-bond acceptors (Lipinski definition) is 4. The summed E-state index contributed by atoms with van der Waals surface area (Å²) in [4.78, 5) is 28.2. The number of rotatable bonds is 3. The van der Waals surface area contributed by atoms with E-state index in [9.17, 15) is 14.7 Å². The van der Waals surface area contributed by atoms with Gasteiger partial charge in [0, 0.05) is 12.1 Å². The van der Waals surface area contributed by atoms with Crippen LogP contribution in [0, 0.1) is 11.8 Å². The summed E-state index contributed by atoms with van der Waals surface area (Å²) in [5, 5.41) is 13.2. The molecule has 2 saturated heterocycles. The van der Waals surface area contributed by atoms with Gasteiger partial charge in [0.05, 0.1) is 17.5 Å². The van der Waals surface area contributed by atoms with Crippen LogP contribution >= 0.6 is 0 Å². The minimum Gasteiger partial charge on any atom is -0.508 e. The van der Waals surface area contributed by atoms with Crippen LogP contribution in [0.1, 0.15) is 23.2 Å². The predicted molar refractivity (Wildman–Crippen MR) is 109 cm³/mol. The molecule has 4 atom stereocenters. The maximum atomic E-state index is 13.4. The zero-order valence-electron chi connectivity index (χ0n) is 15.6. The monoisotopic (exact) mass is 384 g/mol. The number of carbonyl (C=O) groups is 2. The number of fused-ring (bicyclic) bond motifs is 1. The Balaban J connectivity index is 1.60. The Morgan fingerprint density at radius 2 is 1.14 bits per heavy atom. The smallest absolute Gasteiger partial charge is 0.239 e. The van der Waals surface area contributed by atoms with E-state index < -0.39 is 11.8 Å². The summed E-state index contributed by atoms with van der Waals surface area (Å²) >= 11 is 0. The highest BCUT2D eigenvalue weighted by molar-refractivity contribution is 6.22. The molecule has 0 saturated carbocycles. The van der Waals surface area contributed by atoms with Crippen LogP contribution in [0.15, 0.2) is 84.9 Å². The normalized spacial score (nSPS) is 26.0. The molecule has 2 amide bonds. The molecule has 0 radical (unpaired) electrons. The second kappa shape index (κ2) is 6.87. The first-order valence-corrected chi connectivity index (χ1v) is 9.68. The van der Waals surface area contributed by atoms with Crippen LogP contribution in [-0.4, -0.2) is 16.9 Å². The third-order valence-corrected chi connectivity index (χ3v) is 5.90. The molecule has 2 N–H and O–H groups in total. The summed E-state index contributed by atoms with van der Waals surface area (Å²) < 4.78 is 0. The van der Waals surface area contributed by atoms with Gasteiger partial charge in [-0.1, -0.05) is 60.7 Å². The van der Waals surface area contributed by atoms with E-state index in [1.807, 2.05) is 48.5 Å². The second-order valence-electron chi connectivity index (χ2n) is 7.52. The number of phenolic OH excluding ortho intramolecular Hbond substituents is 1. The van der Waals surface area contributed by atoms with Crippen LogP contribution in [-0.2, 0) is 9.59 Å². The maximum absolute atomic E-state index is 13.4. The summed E-state index contributed by atoms with van der Waals surface area (Å²) in [6.45, 7) is 0. The first kappa shape index (κ1) is 17.6. The van der Waals surface area contributed by atoms with E-state index in [1.54, 1.807) is 36.4 Å². The molecule has 5 nitrogen and oxygen atoms in total. The van der Waals surface area contributed by atoms with Crippen molar-refractivity contribution in [2.45, 2.75) is 12.1 Å². The maximum Gasteiger partial charge on any atom is 0.239 e. The zero-order valence-corrected chi connectivity index (χ0v) is 15.6. The molecule has 2 unspecified atom stereocenters. The molecule has 3 aromatic carbocycles. The zero-order chi connectivity index (χ0) is 20.0. The van der Waals surface area contributed by atoms with E-state index in [4.69, 9.17) is 0 Å². The molecular weight excluding hydrogens is 364 g/mol. The molecule has 2 aliphatic heterocycles. The third kappa shape index (κ3) is 2.82. The van der Waals surface area contributed by atoms with Gasteiger partial charge in [-0.2, -0.15) is 0 Å². The Morgan fingerprint density at radius 3 is 1.69 bits per heavy atom. The molecule has 5 heteroatoms. The van der Waals surface area contributed by atoms with E-state index in [0.717, 1.165) is 11.1 Å². The average molecular weight is 384 g/mol. The third-order valence-electron chi connectivity index (χ3n) is 5.90. The molecule has 2 fully saturated rings. The van der Waals surface area contributed by atoms with Gasteiger partial charge < -0.3 is 10.4 Å². The number of phenols is 1. The predicted octanol–water partition coefficient (Wildman–Crippen LogP) is 3.58. The van der Waals surface area contributed by atoms with Crippen molar-refractivity contribution in [3.8, 4) is 5.75 Å². The van der Waals surface area contributed by atoms with Gasteiger partial charge in [0.15, 0.2) is 0 Å². The number of amides is 2. The number of aromatic hydroxyl groups is 1. The van der Waals surface area contributed by atoms with E-state index in [-0.39, 0.29) is 29.6 Å². The van der Waals surface area contributed by atoms with E-state index in [1.165, 1.54) is 4.90 Å². The Bertz CT molecular complexity index is 1050. The second-order valence-corrected chi connectivity index (χ2v) is 7.52. The lowest BCUT2D eigenvalue weighted by molar-refractivity contribution is -0.123. The van der Waals surface area contributed by atoms with Crippen molar-refractivity contribution in [3.63, 3.8) is 0 Å². The van der Waals surface area contributed by atoms with Gasteiger partial charge in [0.1, 0.15) is 5.75 Å². The average Bonchev–Trinajstić information content (AvgIpc) is 3.27. The van der Waals surface area contributed by atoms with Crippen molar-refractivity contribution in [1.29, 1.82) is 0 Å². The summed E-state index contributed by atoms with van der Waals surface area (Å²) in [5.41, 5.74) is 2.47. The van der Waals surface area contributed by atoms with Gasteiger partial charge >= 0.3 is 0 Å². The molecular formula is C24H20N2O3. The standard InChI is InChI=1S/C24H20N2O3/c27-18-13-11-16(12-14-18)22-20-19(21(25-22)15-7-3-1-4-8-15)23(28)26(24(20)29)17-9-5-2-6-10-17/h1-14,19-22,25,27H/t19?,20?,21-,22-/m0/s1. The fraction of sp³-hybridized carbons (Fsp3) is 0.167. The molecule has 3 aromatic rings. The number of benzene rings is 3. The SMILES string of the molecule is O=C1C2C(C(=O)N1c1ccccc1)[C@H](c1ccc(O)cc1)N[C@H]2c1ccccc1. The fourth-order valence-electron chi connectivity index (χ4n) is 4.60. The molecule has 2 heterocycles. The summed E-state index contributed by atoms with van der Waals surface area (Å²) in [6.07, 6.45) is 0. The molecule has 2 aliphatic rings. The number of imide groups is 1. The fourth-order valence-corrected chi connectivity index (χ4v) is 4.60. The van der Waals surface area contributed by atoms with Crippen LogP contribution in [0.4, 0.5) is 5.69 Å². The number of anilines is 1. The highest BCUT2D eigenvalue weighted by atomic mass is 16.3. The van der Waals surface area contributed by atoms with Crippen LogP contribution in [0.2, 0.25) is 0 Å². The molecule has 5 rings (SSSR count). The number of para-hydroxylation sites is 1. The Hall–Kier alpha value is -3.44. The van der Waals surface area contributed by atoms with Crippen molar-refractivity contribution < 1.29 is 14.7 Å². The first-order chi connectivity index (χ1) is 14.1. The lowest BCUT2D eigenvalue weighted by atomic mass is 9.84. The van der Waals surface area contributed by atoms with Crippen LogP contribution in [0.5, 0.6) is 5.75 Å². The molecule has 0 spiro atoms. The van der Waals surface area contributed by atoms with Gasteiger partial charge in [-0.05, 0) is 35.4 Å². The summed E-state index contributed by atoms with van der Waals surface area (Å²) in [7, 11) is 0. The minimum atomic E-state index is -0.502. The first-order valence-electron chi connectivity index (χ1n) is 9.68. The Labute approximate surface area is 168 Å². The number of nitrogens with zero attached hydrogens (tertiary/aromatic N) is 1. The van der Waals surface area contributed by atoms with Crippen molar-refractivity contribution >= 4 is 17.5 Å². The largest absolute Gasteiger partial charge is 0.508 e. The van der Waals surface area contributed by atoms with Crippen LogP contribution in [0.25, 0.3) is 0 Å². The van der Waals surface area contributed by atoms with Gasteiger partial charge in [0.25, 0.3) is 0 Å². The van der Waals surface area contributed by atoms with Crippen LogP contribution < -0.4 is 10.2 Å². The summed E-state index contributed by atoms with van der Waals surface area (Å²) in [5.74, 6) is -1.17. The van der Waals surface area contributed by atoms with Gasteiger partial charge in [-0.25, -0.2) is 4.90 Å². The van der Waals surface area contributed by atoms with Gasteiger partial charge in [-0.3, -0.25) is 9.59 Å². The number of carbonyl (C=O) groups excluding carboxylic acids is 2. The van der Waals surface area contributed by atoms with Crippen molar-refractivity contribution in [2.24, 2.45) is 11.8 Å². The summed E-state index contributed by atoms with van der Waals surface area (Å²) in [6, 6.07) is 25.1. The number of hydrogen-bond donors (Lipinski definition) is 2. The number of nitrogens with one attached hydrogen (secondary N) is 1. The van der Waals surface area contributed by atoms with Gasteiger partial charge in [0.2, 0.25) is 11.8 Å². The van der Waals surface area contributed by atoms with Crippen molar-refractivity contribution in [1.82, 2.24) is 5.32 Å². The molecule has 0 aromatic heterocycles. The lowest BCUT2D eigenvalue weighted by Crippen LogP contribution is -2.36. The quantitative estimate of drug-likeness (QED) is 0.677. The Kier molecular flexibility index (Phi) is 4.18. The highest BCUT2D eigenvalue weighted by Gasteiger charge is 2.59. The van der Waals surface area contributed by atoms with E-state index in [2.05, 4.69) is 5.32 Å². The highest BCUT2D eigenvalue weighted by Crippen LogP contribution is 2.50. The molecule has 144 valence electrons. The van der Waals surface area contributed by atoms with E-state index in [0.29, 0.717) is 5.69 Å².